The molecule has 0 aliphatic heterocycles. The van der Waals surface area contributed by atoms with Gasteiger partial charge in [0, 0.05) is 23.5 Å². The maximum Gasteiger partial charge on any atom is 0.129 e. The van der Waals surface area contributed by atoms with E-state index in [1.165, 1.54) is 17.2 Å². The number of rotatable bonds is 3. The summed E-state index contributed by atoms with van der Waals surface area (Å²) in [6, 6.07) is 11.0. The van der Waals surface area contributed by atoms with Crippen molar-refractivity contribution in [3.05, 3.63) is 58.9 Å². The Bertz CT molecular complexity index is 564. The van der Waals surface area contributed by atoms with Crippen molar-refractivity contribution >= 4 is 11.4 Å². The number of anilines is 2. The summed E-state index contributed by atoms with van der Waals surface area (Å²) in [5, 5.41) is 3.21. The van der Waals surface area contributed by atoms with Gasteiger partial charge in [-0.2, -0.15) is 0 Å². The molecule has 3 heteroatoms. The van der Waals surface area contributed by atoms with Gasteiger partial charge in [0.2, 0.25) is 0 Å². The smallest absolute Gasteiger partial charge is 0.129 e. The Morgan fingerprint density at radius 1 is 1.11 bits per heavy atom. The zero-order valence-corrected chi connectivity index (χ0v) is 10.6. The van der Waals surface area contributed by atoms with E-state index in [0.717, 1.165) is 11.4 Å². The molecule has 0 aliphatic rings. The number of aryl methyl sites for hydroxylation is 2. The van der Waals surface area contributed by atoms with Gasteiger partial charge >= 0.3 is 0 Å². The molecule has 0 aliphatic carbocycles. The van der Waals surface area contributed by atoms with Crippen molar-refractivity contribution in [1.82, 2.24) is 0 Å². The summed E-state index contributed by atoms with van der Waals surface area (Å²) in [6.45, 7) is 4.29. The van der Waals surface area contributed by atoms with Crippen molar-refractivity contribution in [2.45, 2.75) is 20.4 Å². The SMILES string of the molecule is Cc1ccc(Nc2cccc(F)c2CN)cc1C. The van der Waals surface area contributed by atoms with Crippen LogP contribution < -0.4 is 11.1 Å². The molecular formula is C15H17FN2. The zero-order chi connectivity index (χ0) is 13.1. The van der Waals surface area contributed by atoms with Crippen molar-refractivity contribution in [2.75, 3.05) is 5.32 Å². The molecule has 0 spiro atoms. The van der Waals surface area contributed by atoms with Crippen LogP contribution in [0.3, 0.4) is 0 Å². The van der Waals surface area contributed by atoms with Gasteiger partial charge in [0.1, 0.15) is 5.82 Å². The van der Waals surface area contributed by atoms with Gasteiger partial charge in [0.15, 0.2) is 0 Å². The number of nitrogens with two attached hydrogens (primary N) is 1. The van der Waals surface area contributed by atoms with Crippen molar-refractivity contribution < 1.29 is 4.39 Å². The lowest BCUT2D eigenvalue weighted by Crippen LogP contribution is -2.04. The van der Waals surface area contributed by atoms with E-state index in [0.29, 0.717) is 5.56 Å². The first-order valence-electron chi connectivity index (χ1n) is 5.93. The second kappa shape index (κ2) is 5.19. The fourth-order valence-corrected chi connectivity index (χ4v) is 1.86. The Morgan fingerprint density at radius 3 is 2.56 bits per heavy atom. The first kappa shape index (κ1) is 12.6. The summed E-state index contributed by atoms with van der Waals surface area (Å²) in [4.78, 5) is 0. The average molecular weight is 244 g/mol. The molecule has 0 saturated carbocycles. The number of hydrogen-bond donors (Lipinski definition) is 2. The lowest BCUT2D eigenvalue weighted by atomic mass is 10.1. The third-order valence-electron chi connectivity index (χ3n) is 3.11. The van der Waals surface area contributed by atoms with Gasteiger partial charge in [0.25, 0.3) is 0 Å². The first-order valence-corrected chi connectivity index (χ1v) is 5.93. The predicted molar refractivity (Wildman–Crippen MR) is 73.5 cm³/mol. The molecule has 3 N–H and O–H groups in total. The van der Waals surface area contributed by atoms with Gasteiger partial charge in [-0.25, -0.2) is 4.39 Å². The molecule has 94 valence electrons. The highest BCUT2D eigenvalue weighted by Gasteiger charge is 2.07. The van der Waals surface area contributed by atoms with E-state index >= 15 is 0 Å². The number of nitrogens with one attached hydrogen (secondary N) is 1. The minimum atomic E-state index is -0.272. The number of halogens is 1. The molecule has 0 atom stereocenters. The van der Waals surface area contributed by atoms with Crippen LogP contribution in [0.25, 0.3) is 0 Å². The van der Waals surface area contributed by atoms with E-state index in [2.05, 4.69) is 19.2 Å². The van der Waals surface area contributed by atoms with E-state index in [1.54, 1.807) is 6.07 Å². The monoisotopic (exact) mass is 244 g/mol. The van der Waals surface area contributed by atoms with Crippen LogP contribution >= 0.6 is 0 Å². The van der Waals surface area contributed by atoms with Crippen LogP contribution in [0.5, 0.6) is 0 Å². The summed E-state index contributed by atoms with van der Waals surface area (Å²) >= 11 is 0. The third kappa shape index (κ3) is 2.51. The Hall–Kier alpha value is -1.87. The molecule has 0 radical (unpaired) electrons. The van der Waals surface area contributed by atoms with E-state index < -0.39 is 0 Å². The molecule has 0 saturated heterocycles. The summed E-state index contributed by atoms with van der Waals surface area (Å²) in [5.74, 6) is -0.272. The molecule has 0 amide bonds. The Kier molecular flexibility index (Phi) is 3.63. The minimum absolute atomic E-state index is 0.180. The van der Waals surface area contributed by atoms with Gasteiger partial charge < -0.3 is 11.1 Å². The lowest BCUT2D eigenvalue weighted by Gasteiger charge is -2.12. The van der Waals surface area contributed by atoms with Crippen LogP contribution in [-0.4, -0.2) is 0 Å². The van der Waals surface area contributed by atoms with Crippen LogP contribution in [0.1, 0.15) is 16.7 Å². The highest BCUT2D eigenvalue weighted by atomic mass is 19.1. The molecule has 2 aromatic rings. The summed E-state index contributed by atoms with van der Waals surface area (Å²) in [7, 11) is 0. The van der Waals surface area contributed by atoms with Crippen LogP contribution in [0.15, 0.2) is 36.4 Å². The molecule has 18 heavy (non-hydrogen) atoms. The van der Waals surface area contributed by atoms with E-state index in [1.807, 2.05) is 24.3 Å². The van der Waals surface area contributed by atoms with Crippen LogP contribution in [0.2, 0.25) is 0 Å². The van der Waals surface area contributed by atoms with Gasteiger partial charge in [-0.3, -0.25) is 0 Å². The highest BCUT2D eigenvalue weighted by Crippen LogP contribution is 2.24. The van der Waals surface area contributed by atoms with Crippen molar-refractivity contribution in [1.29, 1.82) is 0 Å². The second-order valence-corrected chi connectivity index (χ2v) is 4.39. The summed E-state index contributed by atoms with van der Waals surface area (Å²) in [5.41, 5.74) is 10.2. The van der Waals surface area contributed by atoms with E-state index in [9.17, 15) is 4.39 Å². The molecule has 2 aromatic carbocycles. The minimum Gasteiger partial charge on any atom is -0.355 e. The second-order valence-electron chi connectivity index (χ2n) is 4.39. The molecule has 0 unspecified atom stereocenters. The van der Waals surface area contributed by atoms with Crippen molar-refractivity contribution in [3.63, 3.8) is 0 Å². The zero-order valence-electron chi connectivity index (χ0n) is 10.6. The topological polar surface area (TPSA) is 38.0 Å². The van der Waals surface area contributed by atoms with E-state index in [4.69, 9.17) is 5.73 Å². The quantitative estimate of drug-likeness (QED) is 0.865. The summed E-state index contributed by atoms with van der Waals surface area (Å²) in [6.07, 6.45) is 0. The molecule has 0 bridgehead atoms. The molecule has 0 fully saturated rings. The molecule has 2 rings (SSSR count). The Balaban J connectivity index is 2.34. The van der Waals surface area contributed by atoms with Crippen molar-refractivity contribution in [2.24, 2.45) is 5.73 Å². The lowest BCUT2D eigenvalue weighted by molar-refractivity contribution is 0.611. The molecular weight excluding hydrogens is 227 g/mol. The molecule has 0 heterocycles. The molecule has 0 aromatic heterocycles. The molecule has 2 nitrogen and oxygen atoms in total. The highest BCUT2D eigenvalue weighted by molar-refractivity contribution is 5.64. The predicted octanol–water partition coefficient (Wildman–Crippen LogP) is 3.64. The van der Waals surface area contributed by atoms with Crippen LogP contribution in [-0.2, 0) is 6.54 Å². The largest absolute Gasteiger partial charge is 0.355 e. The number of hydrogen-bond acceptors (Lipinski definition) is 2. The van der Waals surface area contributed by atoms with Crippen LogP contribution in [0.4, 0.5) is 15.8 Å². The van der Waals surface area contributed by atoms with Crippen LogP contribution in [0, 0.1) is 19.7 Å². The number of benzene rings is 2. The Labute approximate surface area is 107 Å². The standard InChI is InChI=1S/C15H17FN2/c1-10-6-7-12(8-11(10)2)18-15-5-3-4-14(16)13(15)9-17/h3-8,18H,9,17H2,1-2H3. The van der Waals surface area contributed by atoms with Gasteiger partial charge in [-0.05, 0) is 49.2 Å². The fourth-order valence-electron chi connectivity index (χ4n) is 1.86. The summed E-state index contributed by atoms with van der Waals surface area (Å²) < 4.78 is 13.6. The third-order valence-corrected chi connectivity index (χ3v) is 3.11. The van der Waals surface area contributed by atoms with Gasteiger partial charge in [-0.15, -0.1) is 0 Å². The maximum atomic E-state index is 13.6. The Morgan fingerprint density at radius 2 is 1.89 bits per heavy atom. The van der Waals surface area contributed by atoms with Gasteiger partial charge in [-0.1, -0.05) is 12.1 Å². The fraction of sp³-hybridized carbons (Fsp3) is 0.200. The van der Waals surface area contributed by atoms with Gasteiger partial charge in [0.05, 0.1) is 0 Å². The average Bonchev–Trinajstić information content (AvgIpc) is 2.34. The first-order chi connectivity index (χ1) is 8.61. The normalized spacial score (nSPS) is 10.4. The van der Waals surface area contributed by atoms with E-state index in [-0.39, 0.29) is 12.4 Å². The maximum absolute atomic E-state index is 13.6. The van der Waals surface area contributed by atoms with Crippen molar-refractivity contribution in [3.8, 4) is 0 Å².